The average Bonchev–Trinajstić information content (AvgIpc) is 2.76. The number of halogens is 2. The standard InChI is InChI=1S/C22H16F2N4O3/c1-28-19(13-7-2-3-10-16(13)31-22(23)24)27-18-14(8-6-9-15(18)21(28)30)20(29)26-17-11-4-5-12-25-17/h2-12,22H,1H3,(H,25,26,29). The van der Waals surface area contributed by atoms with E-state index in [0.717, 1.165) is 0 Å². The number of pyridine rings is 1. The van der Waals surface area contributed by atoms with Crippen LogP contribution in [-0.2, 0) is 7.05 Å². The molecule has 7 nitrogen and oxygen atoms in total. The van der Waals surface area contributed by atoms with E-state index in [9.17, 15) is 18.4 Å². The maximum atomic E-state index is 13.0. The first kappa shape index (κ1) is 20.1. The first-order valence-corrected chi connectivity index (χ1v) is 9.22. The van der Waals surface area contributed by atoms with Crippen molar-refractivity contribution in [1.82, 2.24) is 14.5 Å². The molecule has 0 unspecified atom stereocenters. The first-order chi connectivity index (χ1) is 15.0. The number of rotatable bonds is 5. The molecule has 156 valence electrons. The number of aromatic nitrogens is 3. The lowest BCUT2D eigenvalue weighted by Gasteiger charge is -2.14. The molecule has 0 bridgehead atoms. The van der Waals surface area contributed by atoms with Crippen LogP contribution in [0.5, 0.6) is 5.75 Å². The minimum Gasteiger partial charge on any atom is -0.434 e. The maximum Gasteiger partial charge on any atom is 0.387 e. The minimum atomic E-state index is -3.04. The van der Waals surface area contributed by atoms with E-state index in [1.807, 2.05) is 0 Å². The summed E-state index contributed by atoms with van der Waals surface area (Å²) in [6.45, 7) is -3.04. The number of hydrogen-bond donors (Lipinski definition) is 1. The van der Waals surface area contributed by atoms with E-state index in [2.05, 4.69) is 20.0 Å². The molecule has 1 N–H and O–H groups in total. The number of ether oxygens (including phenoxy) is 1. The van der Waals surface area contributed by atoms with Gasteiger partial charge in [0.15, 0.2) is 0 Å². The summed E-state index contributed by atoms with van der Waals surface area (Å²) in [5, 5.41) is 2.87. The molecule has 4 aromatic rings. The quantitative estimate of drug-likeness (QED) is 0.528. The van der Waals surface area contributed by atoms with Crippen LogP contribution in [0.25, 0.3) is 22.3 Å². The van der Waals surface area contributed by atoms with Crippen LogP contribution in [0, 0.1) is 0 Å². The number of nitrogens with zero attached hydrogens (tertiary/aromatic N) is 3. The monoisotopic (exact) mass is 422 g/mol. The summed E-state index contributed by atoms with van der Waals surface area (Å²) >= 11 is 0. The Labute approximate surface area is 175 Å². The lowest BCUT2D eigenvalue weighted by molar-refractivity contribution is -0.0494. The fourth-order valence-corrected chi connectivity index (χ4v) is 3.19. The Bertz CT molecular complexity index is 1320. The highest BCUT2D eigenvalue weighted by atomic mass is 19.3. The van der Waals surface area contributed by atoms with E-state index in [1.165, 1.54) is 42.1 Å². The SMILES string of the molecule is Cn1c(-c2ccccc2OC(F)F)nc2c(C(=O)Nc3ccccn3)cccc2c1=O. The zero-order valence-corrected chi connectivity index (χ0v) is 16.3. The van der Waals surface area contributed by atoms with Crippen molar-refractivity contribution in [2.45, 2.75) is 6.61 Å². The van der Waals surface area contributed by atoms with Crippen molar-refractivity contribution in [3.05, 3.63) is 82.8 Å². The highest BCUT2D eigenvalue weighted by Crippen LogP contribution is 2.30. The third-order valence-electron chi connectivity index (χ3n) is 4.60. The fourth-order valence-electron chi connectivity index (χ4n) is 3.19. The number of benzene rings is 2. The number of amides is 1. The van der Waals surface area contributed by atoms with Gasteiger partial charge < -0.3 is 10.1 Å². The molecule has 2 aromatic heterocycles. The molecule has 0 saturated carbocycles. The lowest BCUT2D eigenvalue weighted by atomic mass is 10.1. The van der Waals surface area contributed by atoms with Crippen LogP contribution >= 0.6 is 0 Å². The van der Waals surface area contributed by atoms with Gasteiger partial charge in [0, 0.05) is 13.2 Å². The molecule has 31 heavy (non-hydrogen) atoms. The van der Waals surface area contributed by atoms with Gasteiger partial charge in [-0.15, -0.1) is 0 Å². The van der Waals surface area contributed by atoms with Gasteiger partial charge in [0.25, 0.3) is 11.5 Å². The van der Waals surface area contributed by atoms with Gasteiger partial charge in [-0.3, -0.25) is 14.2 Å². The van der Waals surface area contributed by atoms with E-state index in [0.29, 0.717) is 5.82 Å². The molecule has 4 rings (SSSR count). The number of para-hydroxylation sites is 2. The smallest absolute Gasteiger partial charge is 0.387 e. The Morgan fingerprint density at radius 2 is 1.84 bits per heavy atom. The van der Waals surface area contributed by atoms with Crippen LogP contribution in [-0.4, -0.2) is 27.1 Å². The zero-order valence-electron chi connectivity index (χ0n) is 16.3. The Morgan fingerprint density at radius 1 is 1.06 bits per heavy atom. The summed E-state index contributed by atoms with van der Waals surface area (Å²) in [7, 11) is 1.48. The van der Waals surface area contributed by atoms with Crippen molar-refractivity contribution in [2.24, 2.45) is 7.05 Å². The van der Waals surface area contributed by atoms with Crippen LogP contribution in [0.1, 0.15) is 10.4 Å². The predicted molar refractivity (Wildman–Crippen MR) is 111 cm³/mol. The molecule has 9 heteroatoms. The number of hydrogen-bond acceptors (Lipinski definition) is 5. The van der Waals surface area contributed by atoms with E-state index < -0.39 is 18.1 Å². The van der Waals surface area contributed by atoms with Crippen molar-refractivity contribution in [3.8, 4) is 17.1 Å². The van der Waals surface area contributed by atoms with Crippen molar-refractivity contribution < 1.29 is 18.3 Å². The van der Waals surface area contributed by atoms with E-state index in [1.54, 1.807) is 36.4 Å². The van der Waals surface area contributed by atoms with E-state index >= 15 is 0 Å². The Kier molecular flexibility index (Phi) is 5.40. The van der Waals surface area contributed by atoms with Crippen LogP contribution < -0.4 is 15.6 Å². The summed E-state index contributed by atoms with van der Waals surface area (Å²) in [6, 6.07) is 15.7. The van der Waals surface area contributed by atoms with Gasteiger partial charge in [-0.25, -0.2) is 9.97 Å². The van der Waals surface area contributed by atoms with Crippen LogP contribution in [0.2, 0.25) is 0 Å². The zero-order chi connectivity index (χ0) is 22.0. The van der Waals surface area contributed by atoms with Gasteiger partial charge in [-0.1, -0.05) is 24.3 Å². The maximum absolute atomic E-state index is 13.0. The normalized spacial score (nSPS) is 11.0. The predicted octanol–water partition coefficient (Wildman–Crippen LogP) is 3.85. The average molecular weight is 422 g/mol. The Hall–Kier alpha value is -4.14. The molecule has 2 heterocycles. The van der Waals surface area contributed by atoms with Gasteiger partial charge in [0.1, 0.15) is 17.4 Å². The summed E-state index contributed by atoms with van der Waals surface area (Å²) in [6.07, 6.45) is 1.53. The lowest BCUT2D eigenvalue weighted by Crippen LogP contribution is -2.22. The highest BCUT2D eigenvalue weighted by molar-refractivity contribution is 6.11. The number of nitrogens with one attached hydrogen (secondary N) is 1. The summed E-state index contributed by atoms with van der Waals surface area (Å²) in [4.78, 5) is 34.4. The summed E-state index contributed by atoms with van der Waals surface area (Å²) < 4.78 is 31.5. The van der Waals surface area contributed by atoms with E-state index in [-0.39, 0.29) is 33.6 Å². The van der Waals surface area contributed by atoms with Crippen molar-refractivity contribution in [2.75, 3.05) is 5.32 Å². The van der Waals surface area contributed by atoms with Gasteiger partial charge in [0.05, 0.1) is 22.0 Å². The van der Waals surface area contributed by atoms with Crippen molar-refractivity contribution in [3.63, 3.8) is 0 Å². The van der Waals surface area contributed by atoms with E-state index in [4.69, 9.17) is 0 Å². The Balaban J connectivity index is 1.88. The van der Waals surface area contributed by atoms with Gasteiger partial charge in [-0.05, 0) is 36.4 Å². The molecule has 2 aromatic carbocycles. The second-order valence-corrected chi connectivity index (χ2v) is 6.55. The van der Waals surface area contributed by atoms with Gasteiger partial charge in [-0.2, -0.15) is 8.78 Å². The fraction of sp³-hybridized carbons (Fsp3) is 0.0909. The van der Waals surface area contributed by atoms with Gasteiger partial charge >= 0.3 is 6.61 Å². The van der Waals surface area contributed by atoms with Crippen molar-refractivity contribution >= 4 is 22.6 Å². The van der Waals surface area contributed by atoms with Crippen molar-refractivity contribution in [1.29, 1.82) is 0 Å². The molecular formula is C22H16F2N4O3. The molecule has 0 atom stereocenters. The molecule has 0 fully saturated rings. The number of fused-ring (bicyclic) bond motifs is 1. The molecule has 1 amide bonds. The Morgan fingerprint density at radius 3 is 2.58 bits per heavy atom. The second kappa shape index (κ2) is 8.31. The third-order valence-corrected chi connectivity index (χ3v) is 4.60. The topological polar surface area (TPSA) is 86.1 Å². The molecule has 0 aliphatic rings. The largest absolute Gasteiger partial charge is 0.434 e. The second-order valence-electron chi connectivity index (χ2n) is 6.55. The first-order valence-electron chi connectivity index (χ1n) is 9.22. The molecule has 0 spiro atoms. The molecule has 0 aliphatic heterocycles. The number of alkyl halides is 2. The number of anilines is 1. The molecule has 0 radical (unpaired) electrons. The molecule has 0 saturated heterocycles. The van der Waals surface area contributed by atoms with Crippen LogP contribution in [0.15, 0.2) is 71.7 Å². The minimum absolute atomic E-state index is 0.0897. The van der Waals surface area contributed by atoms with Crippen LogP contribution in [0.3, 0.4) is 0 Å². The third kappa shape index (κ3) is 3.97. The molecule has 0 aliphatic carbocycles. The summed E-state index contributed by atoms with van der Waals surface area (Å²) in [5.74, 6) is -0.209. The highest BCUT2D eigenvalue weighted by Gasteiger charge is 2.20. The number of carbonyl (C=O) groups is 1. The molecular weight excluding hydrogens is 406 g/mol. The number of carbonyl (C=O) groups excluding carboxylic acids is 1. The van der Waals surface area contributed by atoms with Crippen LogP contribution in [0.4, 0.5) is 14.6 Å². The summed E-state index contributed by atoms with van der Waals surface area (Å²) in [5.41, 5.74) is 0.0545. The van der Waals surface area contributed by atoms with Gasteiger partial charge in [0.2, 0.25) is 0 Å².